The van der Waals surface area contributed by atoms with Crippen LogP contribution in [0.4, 0.5) is 0 Å². The highest BCUT2D eigenvalue weighted by molar-refractivity contribution is 5.93. The molecule has 4 nitrogen and oxygen atoms in total. The maximum atomic E-state index is 10.8. The molecule has 11 heavy (non-hydrogen) atoms. The van der Waals surface area contributed by atoms with Gasteiger partial charge in [0.15, 0.2) is 11.5 Å². The zero-order valence-corrected chi connectivity index (χ0v) is 6.67. The first-order chi connectivity index (χ1) is 5.15. The van der Waals surface area contributed by atoms with Gasteiger partial charge in [-0.2, -0.15) is 4.98 Å². The molecule has 0 N–H and O–H groups in total. The third-order valence-electron chi connectivity index (χ3n) is 1.29. The average Bonchev–Trinajstić information content (AvgIpc) is 2.30. The maximum absolute atomic E-state index is 10.8. The van der Waals surface area contributed by atoms with Crippen molar-refractivity contribution in [1.82, 2.24) is 4.98 Å². The monoisotopic (exact) mass is 155 g/mol. The molecule has 4 heteroatoms. The number of aromatic nitrogens is 1. The second-order valence-corrected chi connectivity index (χ2v) is 2.14. The fourth-order valence-electron chi connectivity index (χ4n) is 0.786. The van der Waals surface area contributed by atoms with Crippen LogP contribution in [-0.2, 0) is 0 Å². The summed E-state index contributed by atoms with van der Waals surface area (Å²) in [6, 6.07) is 0. The highest BCUT2D eigenvalue weighted by Gasteiger charge is 2.12. The van der Waals surface area contributed by atoms with Crippen molar-refractivity contribution in [2.75, 3.05) is 7.11 Å². The summed E-state index contributed by atoms with van der Waals surface area (Å²) in [5.41, 5.74) is 0.335. The van der Waals surface area contributed by atoms with Crippen molar-refractivity contribution >= 4 is 5.78 Å². The number of ether oxygens (including phenoxy) is 1. The first-order valence-corrected chi connectivity index (χ1v) is 3.17. The Bertz CT molecular complexity index is 277. The number of hydrogen-bond donors (Lipinski definition) is 0. The molecule has 0 aliphatic rings. The first-order valence-electron chi connectivity index (χ1n) is 3.17. The minimum atomic E-state index is -0.116. The van der Waals surface area contributed by atoms with Gasteiger partial charge in [-0.1, -0.05) is 0 Å². The van der Waals surface area contributed by atoms with Crippen LogP contribution in [0, 0.1) is 6.92 Å². The Labute approximate surface area is 64.2 Å². The number of nitrogens with zero attached hydrogens (tertiary/aromatic N) is 1. The molecule has 0 saturated heterocycles. The van der Waals surface area contributed by atoms with E-state index in [0.717, 1.165) is 0 Å². The van der Waals surface area contributed by atoms with Crippen LogP contribution in [0.25, 0.3) is 0 Å². The number of Topliss-reactive ketones (excluding diaryl/α,β-unsaturated/α-hetero) is 1. The molecule has 0 saturated carbocycles. The van der Waals surface area contributed by atoms with E-state index in [4.69, 9.17) is 9.15 Å². The zero-order valence-electron chi connectivity index (χ0n) is 6.67. The Kier molecular flexibility index (Phi) is 1.94. The van der Waals surface area contributed by atoms with E-state index < -0.39 is 0 Å². The summed E-state index contributed by atoms with van der Waals surface area (Å²) in [6.45, 7) is 3.11. The number of aryl methyl sites for hydroxylation is 1. The van der Waals surface area contributed by atoms with Crippen molar-refractivity contribution in [3.63, 3.8) is 0 Å². The largest absolute Gasteiger partial charge is 0.453 e. The Morgan fingerprint density at radius 1 is 1.64 bits per heavy atom. The molecule has 0 spiro atoms. The predicted octanol–water partition coefficient (Wildman–Crippen LogP) is 1.19. The van der Waals surface area contributed by atoms with E-state index in [1.54, 1.807) is 6.92 Å². The standard InChI is InChI=1S/C7H9NO3/c1-4(9)6-5(2)11-7(8-6)10-3/h1-3H3. The lowest BCUT2D eigenvalue weighted by atomic mass is 10.3. The zero-order chi connectivity index (χ0) is 8.43. The number of carbonyl (C=O) groups is 1. The van der Waals surface area contributed by atoms with Crippen molar-refractivity contribution < 1.29 is 13.9 Å². The van der Waals surface area contributed by atoms with E-state index in [-0.39, 0.29) is 11.9 Å². The summed E-state index contributed by atoms with van der Waals surface area (Å²) >= 11 is 0. The van der Waals surface area contributed by atoms with Crippen LogP contribution in [0.15, 0.2) is 4.42 Å². The van der Waals surface area contributed by atoms with Gasteiger partial charge in [0.2, 0.25) is 0 Å². The lowest BCUT2D eigenvalue weighted by molar-refractivity contribution is 0.101. The smallest absolute Gasteiger partial charge is 0.394 e. The third-order valence-corrected chi connectivity index (χ3v) is 1.29. The lowest BCUT2D eigenvalue weighted by Gasteiger charge is -1.84. The molecule has 1 aromatic heterocycles. The van der Waals surface area contributed by atoms with Gasteiger partial charge in [0, 0.05) is 6.92 Å². The average molecular weight is 155 g/mol. The van der Waals surface area contributed by atoms with E-state index in [1.807, 2.05) is 0 Å². The van der Waals surface area contributed by atoms with Crippen LogP contribution in [0.2, 0.25) is 0 Å². The van der Waals surface area contributed by atoms with E-state index in [1.165, 1.54) is 14.0 Å². The number of ketones is 1. The summed E-state index contributed by atoms with van der Waals surface area (Å²) in [4.78, 5) is 14.6. The van der Waals surface area contributed by atoms with E-state index in [9.17, 15) is 4.79 Å². The van der Waals surface area contributed by atoms with Crippen molar-refractivity contribution in [3.05, 3.63) is 11.5 Å². The van der Waals surface area contributed by atoms with Gasteiger partial charge in [0.25, 0.3) is 0 Å². The Balaban J connectivity index is 3.07. The van der Waals surface area contributed by atoms with Crippen molar-refractivity contribution in [2.24, 2.45) is 0 Å². The molecule has 0 aliphatic heterocycles. The van der Waals surface area contributed by atoms with E-state index in [0.29, 0.717) is 11.5 Å². The van der Waals surface area contributed by atoms with Crippen molar-refractivity contribution in [1.29, 1.82) is 0 Å². The summed E-state index contributed by atoms with van der Waals surface area (Å²) in [5.74, 6) is 0.379. The SMILES string of the molecule is COc1nc(C(C)=O)c(C)o1. The first kappa shape index (κ1) is 7.78. The van der Waals surface area contributed by atoms with Gasteiger partial charge in [0.1, 0.15) is 5.76 Å². The number of carbonyl (C=O) groups excluding carboxylic acids is 1. The van der Waals surface area contributed by atoms with Crippen molar-refractivity contribution in [3.8, 4) is 6.08 Å². The third kappa shape index (κ3) is 1.39. The molecule has 1 rings (SSSR count). The molecule has 1 aromatic rings. The molecule has 0 aromatic carbocycles. The predicted molar refractivity (Wildman–Crippen MR) is 37.8 cm³/mol. The molecular formula is C7H9NO3. The minimum absolute atomic E-state index is 0.116. The van der Waals surface area contributed by atoms with Crippen LogP contribution in [0.3, 0.4) is 0 Å². The molecule has 0 unspecified atom stereocenters. The summed E-state index contributed by atoms with van der Waals surface area (Å²) < 4.78 is 9.67. The van der Waals surface area contributed by atoms with Gasteiger partial charge >= 0.3 is 6.08 Å². The normalized spacial score (nSPS) is 9.73. The highest BCUT2D eigenvalue weighted by Crippen LogP contribution is 2.15. The van der Waals surface area contributed by atoms with Gasteiger partial charge in [-0.25, -0.2) is 0 Å². The van der Waals surface area contributed by atoms with Gasteiger partial charge < -0.3 is 9.15 Å². The topological polar surface area (TPSA) is 52.3 Å². The molecule has 60 valence electrons. The summed E-state index contributed by atoms with van der Waals surface area (Å²) in [7, 11) is 1.44. The molecule has 0 bridgehead atoms. The molecular weight excluding hydrogens is 146 g/mol. The molecule has 0 atom stereocenters. The Hall–Kier alpha value is -1.32. The van der Waals surface area contributed by atoms with Gasteiger partial charge in [-0.15, -0.1) is 0 Å². The van der Waals surface area contributed by atoms with E-state index >= 15 is 0 Å². The van der Waals surface area contributed by atoms with Crippen LogP contribution in [0.5, 0.6) is 6.08 Å². The quantitative estimate of drug-likeness (QED) is 0.602. The van der Waals surface area contributed by atoms with Gasteiger partial charge in [-0.3, -0.25) is 4.79 Å². The van der Waals surface area contributed by atoms with Crippen LogP contribution >= 0.6 is 0 Å². The number of hydrogen-bond acceptors (Lipinski definition) is 4. The highest BCUT2D eigenvalue weighted by atomic mass is 16.6. The molecule has 0 fully saturated rings. The molecule has 0 radical (unpaired) electrons. The van der Waals surface area contributed by atoms with Crippen molar-refractivity contribution in [2.45, 2.75) is 13.8 Å². The van der Waals surface area contributed by atoms with Crippen LogP contribution < -0.4 is 4.74 Å². The molecule has 1 heterocycles. The maximum Gasteiger partial charge on any atom is 0.394 e. The summed E-state index contributed by atoms with van der Waals surface area (Å²) in [5, 5.41) is 0. The van der Waals surface area contributed by atoms with Gasteiger partial charge in [-0.05, 0) is 6.92 Å². The summed E-state index contributed by atoms with van der Waals surface area (Å²) in [6.07, 6.45) is 0.132. The van der Waals surface area contributed by atoms with Crippen LogP contribution in [-0.4, -0.2) is 17.9 Å². The molecule has 0 aliphatic carbocycles. The lowest BCUT2D eigenvalue weighted by Crippen LogP contribution is -1.94. The minimum Gasteiger partial charge on any atom is -0.453 e. The Morgan fingerprint density at radius 3 is 2.55 bits per heavy atom. The number of methoxy groups -OCH3 is 1. The van der Waals surface area contributed by atoms with Gasteiger partial charge in [0.05, 0.1) is 7.11 Å². The fraction of sp³-hybridized carbons (Fsp3) is 0.429. The number of oxazole rings is 1. The van der Waals surface area contributed by atoms with Crippen LogP contribution in [0.1, 0.15) is 23.2 Å². The fourth-order valence-corrected chi connectivity index (χ4v) is 0.786. The molecule has 0 amide bonds. The Morgan fingerprint density at radius 2 is 2.27 bits per heavy atom. The van der Waals surface area contributed by atoms with E-state index in [2.05, 4.69) is 4.98 Å². The number of rotatable bonds is 2. The second-order valence-electron chi connectivity index (χ2n) is 2.14. The second kappa shape index (κ2) is 2.74.